The molecule has 2 aromatic carbocycles. The number of phenols is 1. The SMILES string of the molecule is Cc1cccc(C(=O)Nc2ccc(O)cc2Cl)c1Cl. The first-order chi connectivity index (χ1) is 8.99. The molecule has 0 unspecified atom stereocenters. The molecule has 0 atom stereocenters. The van der Waals surface area contributed by atoms with Gasteiger partial charge in [-0.05, 0) is 30.7 Å². The Morgan fingerprint density at radius 2 is 1.95 bits per heavy atom. The highest BCUT2D eigenvalue weighted by Crippen LogP contribution is 2.27. The molecular formula is C14H11Cl2NO2. The van der Waals surface area contributed by atoms with E-state index in [0.717, 1.165) is 5.56 Å². The normalized spacial score (nSPS) is 10.3. The van der Waals surface area contributed by atoms with Crippen molar-refractivity contribution in [2.45, 2.75) is 6.92 Å². The Bertz CT molecular complexity index is 641. The summed E-state index contributed by atoms with van der Waals surface area (Å²) in [6, 6.07) is 9.55. The van der Waals surface area contributed by atoms with Crippen LogP contribution < -0.4 is 5.32 Å². The Balaban J connectivity index is 2.28. The molecule has 0 aliphatic carbocycles. The van der Waals surface area contributed by atoms with E-state index in [9.17, 15) is 9.90 Å². The molecular weight excluding hydrogens is 285 g/mol. The third-order valence-corrected chi connectivity index (χ3v) is 3.45. The predicted octanol–water partition coefficient (Wildman–Crippen LogP) is 4.26. The number of aromatic hydroxyl groups is 1. The summed E-state index contributed by atoms with van der Waals surface area (Å²) in [4.78, 5) is 12.1. The first kappa shape index (κ1) is 13.7. The van der Waals surface area contributed by atoms with Gasteiger partial charge in [0.05, 0.1) is 21.3 Å². The van der Waals surface area contributed by atoms with Crippen LogP contribution in [0.4, 0.5) is 5.69 Å². The Hall–Kier alpha value is -1.71. The smallest absolute Gasteiger partial charge is 0.257 e. The molecule has 0 aliphatic rings. The van der Waals surface area contributed by atoms with E-state index < -0.39 is 0 Å². The molecule has 98 valence electrons. The average Bonchev–Trinajstić information content (AvgIpc) is 2.36. The van der Waals surface area contributed by atoms with Gasteiger partial charge in [0.2, 0.25) is 0 Å². The van der Waals surface area contributed by atoms with Crippen molar-refractivity contribution < 1.29 is 9.90 Å². The van der Waals surface area contributed by atoms with Gasteiger partial charge in [-0.25, -0.2) is 0 Å². The van der Waals surface area contributed by atoms with Crippen molar-refractivity contribution in [1.29, 1.82) is 0 Å². The summed E-state index contributed by atoms with van der Waals surface area (Å²) in [6.45, 7) is 1.83. The highest BCUT2D eigenvalue weighted by molar-refractivity contribution is 6.36. The van der Waals surface area contributed by atoms with Crippen molar-refractivity contribution in [3.63, 3.8) is 0 Å². The minimum absolute atomic E-state index is 0.0385. The summed E-state index contributed by atoms with van der Waals surface area (Å²) in [6.07, 6.45) is 0. The largest absolute Gasteiger partial charge is 0.508 e. The van der Waals surface area contributed by atoms with Gasteiger partial charge in [0.15, 0.2) is 0 Å². The third kappa shape index (κ3) is 3.00. The summed E-state index contributed by atoms with van der Waals surface area (Å²) in [7, 11) is 0. The molecule has 0 saturated heterocycles. The maximum Gasteiger partial charge on any atom is 0.257 e. The van der Waals surface area contributed by atoms with Gasteiger partial charge in [0.25, 0.3) is 5.91 Å². The van der Waals surface area contributed by atoms with Crippen LogP contribution in [-0.2, 0) is 0 Å². The first-order valence-electron chi connectivity index (χ1n) is 5.54. The average molecular weight is 296 g/mol. The molecule has 5 heteroatoms. The van der Waals surface area contributed by atoms with E-state index in [0.29, 0.717) is 16.3 Å². The van der Waals surface area contributed by atoms with Gasteiger partial charge in [-0.3, -0.25) is 4.79 Å². The van der Waals surface area contributed by atoms with Gasteiger partial charge in [-0.15, -0.1) is 0 Å². The molecule has 0 aliphatic heterocycles. The zero-order valence-electron chi connectivity index (χ0n) is 10.1. The number of hydrogen-bond acceptors (Lipinski definition) is 2. The van der Waals surface area contributed by atoms with Crippen molar-refractivity contribution in [2.75, 3.05) is 5.32 Å². The molecule has 0 saturated carbocycles. The summed E-state index contributed by atoms with van der Waals surface area (Å²) in [5, 5.41) is 12.6. The number of hydrogen-bond donors (Lipinski definition) is 2. The van der Waals surface area contributed by atoms with Crippen LogP contribution in [0.1, 0.15) is 15.9 Å². The molecule has 2 aromatic rings. The second kappa shape index (κ2) is 5.51. The lowest BCUT2D eigenvalue weighted by atomic mass is 10.1. The molecule has 3 nitrogen and oxygen atoms in total. The van der Waals surface area contributed by atoms with Crippen molar-refractivity contribution in [1.82, 2.24) is 0 Å². The van der Waals surface area contributed by atoms with E-state index in [1.165, 1.54) is 18.2 Å². The number of amides is 1. The lowest BCUT2D eigenvalue weighted by Crippen LogP contribution is -2.13. The van der Waals surface area contributed by atoms with Crippen molar-refractivity contribution in [2.24, 2.45) is 0 Å². The molecule has 1 amide bonds. The van der Waals surface area contributed by atoms with Gasteiger partial charge in [-0.1, -0.05) is 35.3 Å². The van der Waals surface area contributed by atoms with Gasteiger partial charge < -0.3 is 10.4 Å². The standard InChI is InChI=1S/C14H11Cl2NO2/c1-8-3-2-4-10(13(8)16)14(19)17-12-6-5-9(18)7-11(12)15/h2-7,18H,1H3,(H,17,19). The zero-order valence-corrected chi connectivity index (χ0v) is 11.6. The number of halogens is 2. The summed E-state index contributed by atoms with van der Waals surface area (Å²) < 4.78 is 0. The fourth-order valence-corrected chi connectivity index (χ4v) is 2.05. The number of aryl methyl sites for hydroxylation is 1. The maximum atomic E-state index is 12.1. The van der Waals surface area contributed by atoms with Crippen LogP contribution in [0.25, 0.3) is 0 Å². The lowest BCUT2D eigenvalue weighted by molar-refractivity contribution is 0.102. The number of phenolic OH excluding ortho intramolecular Hbond substituents is 1. The highest BCUT2D eigenvalue weighted by Gasteiger charge is 2.13. The molecule has 0 spiro atoms. The second-order valence-corrected chi connectivity index (χ2v) is 4.84. The van der Waals surface area contributed by atoms with Gasteiger partial charge in [0.1, 0.15) is 5.75 Å². The van der Waals surface area contributed by atoms with E-state index in [2.05, 4.69) is 5.32 Å². The van der Waals surface area contributed by atoms with Crippen LogP contribution in [0, 0.1) is 6.92 Å². The number of anilines is 1. The fraction of sp³-hybridized carbons (Fsp3) is 0.0714. The monoisotopic (exact) mass is 295 g/mol. The Kier molecular flexibility index (Phi) is 3.98. The summed E-state index contributed by atoms with van der Waals surface area (Å²) >= 11 is 12.0. The number of carbonyl (C=O) groups excluding carboxylic acids is 1. The van der Waals surface area contributed by atoms with Crippen LogP contribution in [-0.4, -0.2) is 11.0 Å². The van der Waals surface area contributed by atoms with Crippen LogP contribution in [0.3, 0.4) is 0 Å². The van der Waals surface area contributed by atoms with Gasteiger partial charge in [0, 0.05) is 6.07 Å². The Morgan fingerprint density at radius 3 is 2.63 bits per heavy atom. The van der Waals surface area contributed by atoms with Crippen molar-refractivity contribution >= 4 is 34.8 Å². The quantitative estimate of drug-likeness (QED) is 0.813. The fourth-order valence-electron chi connectivity index (χ4n) is 1.62. The number of rotatable bonds is 2. The third-order valence-electron chi connectivity index (χ3n) is 2.64. The molecule has 0 heterocycles. The van der Waals surface area contributed by atoms with E-state index in [-0.39, 0.29) is 16.7 Å². The van der Waals surface area contributed by atoms with Crippen LogP contribution in [0.15, 0.2) is 36.4 Å². The first-order valence-corrected chi connectivity index (χ1v) is 6.29. The topological polar surface area (TPSA) is 49.3 Å². The van der Waals surface area contributed by atoms with E-state index in [1.807, 2.05) is 13.0 Å². The van der Waals surface area contributed by atoms with Crippen molar-refractivity contribution in [3.8, 4) is 5.75 Å². The van der Waals surface area contributed by atoms with Crippen LogP contribution in [0.5, 0.6) is 5.75 Å². The summed E-state index contributed by atoms with van der Waals surface area (Å²) in [5.41, 5.74) is 1.62. The molecule has 19 heavy (non-hydrogen) atoms. The molecule has 2 N–H and O–H groups in total. The van der Waals surface area contributed by atoms with Crippen molar-refractivity contribution in [3.05, 3.63) is 57.6 Å². The summed E-state index contributed by atoms with van der Waals surface area (Å²) in [5.74, 6) is -0.308. The van der Waals surface area contributed by atoms with Crippen LogP contribution >= 0.6 is 23.2 Å². The second-order valence-electron chi connectivity index (χ2n) is 4.05. The van der Waals surface area contributed by atoms with E-state index >= 15 is 0 Å². The number of benzene rings is 2. The zero-order chi connectivity index (χ0) is 14.0. The Morgan fingerprint density at radius 1 is 1.21 bits per heavy atom. The highest BCUT2D eigenvalue weighted by atomic mass is 35.5. The predicted molar refractivity (Wildman–Crippen MR) is 77.3 cm³/mol. The van der Waals surface area contributed by atoms with E-state index in [1.54, 1.807) is 12.1 Å². The molecule has 0 bridgehead atoms. The molecule has 0 fully saturated rings. The lowest BCUT2D eigenvalue weighted by Gasteiger charge is -2.09. The Labute approximate surface area is 120 Å². The van der Waals surface area contributed by atoms with Crippen LogP contribution in [0.2, 0.25) is 10.0 Å². The molecule has 0 radical (unpaired) electrons. The number of carbonyl (C=O) groups is 1. The van der Waals surface area contributed by atoms with Gasteiger partial charge >= 0.3 is 0 Å². The minimum Gasteiger partial charge on any atom is -0.508 e. The molecule has 0 aromatic heterocycles. The van der Waals surface area contributed by atoms with E-state index in [4.69, 9.17) is 23.2 Å². The minimum atomic E-state index is -0.346. The maximum absolute atomic E-state index is 12.1. The number of nitrogens with one attached hydrogen (secondary N) is 1. The van der Waals surface area contributed by atoms with Gasteiger partial charge in [-0.2, -0.15) is 0 Å². The molecule has 2 rings (SSSR count).